The van der Waals surface area contributed by atoms with E-state index < -0.39 is 23.6 Å². The molecule has 0 saturated heterocycles. The zero-order valence-electron chi connectivity index (χ0n) is 17.2. The van der Waals surface area contributed by atoms with E-state index in [9.17, 15) is 19.2 Å². The number of rotatable bonds is 2. The molecule has 33 heavy (non-hydrogen) atoms. The van der Waals surface area contributed by atoms with Gasteiger partial charge >= 0.3 is 0 Å². The number of imide groups is 2. The molecule has 3 aliphatic rings. The molecule has 0 radical (unpaired) electrons. The number of carbonyl (C=O) groups is 4. The number of benzene rings is 3. The molecule has 3 heterocycles. The van der Waals surface area contributed by atoms with E-state index in [-0.39, 0.29) is 34.7 Å². The Kier molecular flexibility index (Phi) is 4.18. The van der Waals surface area contributed by atoms with Crippen LogP contribution in [-0.2, 0) is 11.2 Å². The Bertz CT molecular complexity index is 1380. The minimum Gasteiger partial charge on any atom is -0.467 e. The third kappa shape index (κ3) is 2.68. The standard InChI is InChI=1S/C25H16N2O6/c28-22-16-7-4-8-18(21(16)25(31)26(22)14-5-2-1-3-6-14)27-23(29)17-9-10-19-15(20(17)24(27)30)11-12-32-13-33-19/h1-10H,11-13H2. The van der Waals surface area contributed by atoms with Gasteiger partial charge in [0.15, 0.2) is 6.79 Å². The van der Waals surface area contributed by atoms with Gasteiger partial charge in [0.05, 0.1) is 40.2 Å². The predicted octanol–water partition coefficient (Wildman–Crippen LogP) is 3.20. The predicted molar refractivity (Wildman–Crippen MR) is 117 cm³/mol. The Labute approximate surface area is 187 Å². The highest BCUT2D eigenvalue weighted by Crippen LogP contribution is 2.40. The molecule has 162 valence electrons. The number of para-hydroxylation sites is 1. The molecule has 3 aliphatic heterocycles. The van der Waals surface area contributed by atoms with Gasteiger partial charge in [0.25, 0.3) is 23.6 Å². The zero-order chi connectivity index (χ0) is 22.7. The maximum absolute atomic E-state index is 13.5. The molecule has 0 aliphatic carbocycles. The van der Waals surface area contributed by atoms with Crippen molar-refractivity contribution >= 4 is 35.0 Å². The summed E-state index contributed by atoms with van der Waals surface area (Å²) in [5.41, 5.74) is 1.78. The van der Waals surface area contributed by atoms with Gasteiger partial charge in [-0.05, 0) is 36.4 Å². The molecular formula is C25H16N2O6. The van der Waals surface area contributed by atoms with Crippen LogP contribution in [0.3, 0.4) is 0 Å². The van der Waals surface area contributed by atoms with E-state index in [4.69, 9.17) is 9.47 Å². The molecule has 0 spiro atoms. The van der Waals surface area contributed by atoms with Crippen LogP contribution in [0, 0.1) is 0 Å². The van der Waals surface area contributed by atoms with Crippen molar-refractivity contribution in [2.75, 3.05) is 23.2 Å². The number of ether oxygens (including phenoxy) is 2. The smallest absolute Gasteiger partial charge is 0.268 e. The second-order valence-corrected chi connectivity index (χ2v) is 7.81. The first-order chi connectivity index (χ1) is 16.1. The Morgan fingerprint density at radius 3 is 2.21 bits per heavy atom. The highest BCUT2D eigenvalue weighted by atomic mass is 16.7. The van der Waals surface area contributed by atoms with Crippen molar-refractivity contribution in [1.29, 1.82) is 0 Å². The second-order valence-electron chi connectivity index (χ2n) is 7.81. The molecule has 3 aromatic rings. The van der Waals surface area contributed by atoms with E-state index in [0.29, 0.717) is 30.0 Å². The van der Waals surface area contributed by atoms with E-state index >= 15 is 0 Å². The van der Waals surface area contributed by atoms with Crippen LogP contribution >= 0.6 is 0 Å². The molecule has 3 aromatic carbocycles. The first-order valence-corrected chi connectivity index (χ1v) is 10.4. The number of carbonyl (C=O) groups excluding carboxylic acids is 4. The summed E-state index contributed by atoms with van der Waals surface area (Å²) in [6, 6.07) is 16.3. The van der Waals surface area contributed by atoms with Crippen molar-refractivity contribution in [2.24, 2.45) is 0 Å². The molecule has 6 rings (SSSR count). The van der Waals surface area contributed by atoms with Gasteiger partial charge in [-0.25, -0.2) is 9.80 Å². The van der Waals surface area contributed by atoms with E-state index in [1.54, 1.807) is 48.5 Å². The summed E-state index contributed by atoms with van der Waals surface area (Å²) in [6.45, 7) is 0.417. The molecule has 0 N–H and O–H groups in total. The summed E-state index contributed by atoms with van der Waals surface area (Å²) in [5, 5.41) is 0. The Morgan fingerprint density at radius 1 is 0.667 bits per heavy atom. The van der Waals surface area contributed by atoms with Crippen molar-refractivity contribution in [3.05, 3.63) is 88.5 Å². The quantitative estimate of drug-likeness (QED) is 0.568. The molecule has 0 bridgehead atoms. The maximum Gasteiger partial charge on any atom is 0.268 e. The summed E-state index contributed by atoms with van der Waals surface area (Å²) in [7, 11) is 0. The van der Waals surface area contributed by atoms with Gasteiger partial charge in [0.2, 0.25) is 0 Å². The van der Waals surface area contributed by atoms with Gasteiger partial charge in [-0.3, -0.25) is 19.2 Å². The van der Waals surface area contributed by atoms with Gasteiger partial charge in [-0.15, -0.1) is 0 Å². The van der Waals surface area contributed by atoms with E-state index in [2.05, 4.69) is 0 Å². The first kappa shape index (κ1) is 19.4. The lowest BCUT2D eigenvalue weighted by atomic mass is 9.99. The highest BCUT2D eigenvalue weighted by Gasteiger charge is 2.45. The Morgan fingerprint density at radius 2 is 1.39 bits per heavy atom. The van der Waals surface area contributed by atoms with Gasteiger partial charge in [0, 0.05) is 12.0 Å². The molecular weight excluding hydrogens is 424 g/mol. The number of amides is 4. The minimum absolute atomic E-state index is 0.0338. The largest absolute Gasteiger partial charge is 0.467 e. The van der Waals surface area contributed by atoms with Crippen molar-refractivity contribution in [3.63, 3.8) is 0 Å². The van der Waals surface area contributed by atoms with Gasteiger partial charge < -0.3 is 9.47 Å². The van der Waals surface area contributed by atoms with Crippen molar-refractivity contribution < 1.29 is 28.7 Å². The SMILES string of the molecule is O=C1c2cccc(N3C(=O)c4ccc5c(c4C3=O)CCOCO5)c2C(=O)N1c1ccccc1. The second kappa shape index (κ2) is 7.11. The fourth-order valence-electron chi connectivity index (χ4n) is 4.58. The monoisotopic (exact) mass is 440 g/mol. The van der Waals surface area contributed by atoms with Crippen LogP contribution in [0.2, 0.25) is 0 Å². The summed E-state index contributed by atoms with van der Waals surface area (Å²) >= 11 is 0. The molecule has 0 saturated carbocycles. The summed E-state index contributed by atoms with van der Waals surface area (Å²) in [5.74, 6) is -1.68. The lowest BCUT2D eigenvalue weighted by molar-refractivity contribution is 0.0263. The summed E-state index contributed by atoms with van der Waals surface area (Å²) in [6.07, 6.45) is 0.414. The molecule has 8 nitrogen and oxygen atoms in total. The topological polar surface area (TPSA) is 93.2 Å². The zero-order valence-corrected chi connectivity index (χ0v) is 17.2. The third-order valence-electron chi connectivity index (χ3n) is 6.06. The number of nitrogens with zero attached hydrogens (tertiary/aromatic N) is 2. The van der Waals surface area contributed by atoms with Crippen LogP contribution in [0.1, 0.15) is 47.0 Å². The fourth-order valence-corrected chi connectivity index (χ4v) is 4.58. The Hall–Kier alpha value is -4.30. The van der Waals surface area contributed by atoms with Crippen LogP contribution in [0.25, 0.3) is 0 Å². The lowest BCUT2D eigenvalue weighted by Gasteiger charge is -2.17. The molecule has 0 atom stereocenters. The Balaban J connectivity index is 1.48. The van der Waals surface area contributed by atoms with E-state index in [0.717, 1.165) is 9.80 Å². The van der Waals surface area contributed by atoms with Gasteiger partial charge in [0.1, 0.15) is 5.75 Å². The summed E-state index contributed by atoms with van der Waals surface area (Å²) in [4.78, 5) is 55.4. The molecule has 8 heteroatoms. The maximum atomic E-state index is 13.5. The van der Waals surface area contributed by atoms with Crippen LogP contribution in [0.15, 0.2) is 60.7 Å². The van der Waals surface area contributed by atoms with Gasteiger partial charge in [-0.2, -0.15) is 0 Å². The van der Waals surface area contributed by atoms with E-state index in [1.165, 1.54) is 12.1 Å². The normalized spacial score (nSPS) is 17.0. The van der Waals surface area contributed by atoms with Crippen molar-refractivity contribution in [2.45, 2.75) is 6.42 Å². The highest BCUT2D eigenvalue weighted by molar-refractivity contribution is 6.40. The summed E-state index contributed by atoms with van der Waals surface area (Å²) < 4.78 is 10.9. The number of fused-ring (bicyclic) bond motifs is 4. The number of anilines is 2. The first-order valence-electron chi connectivity index (χ1n) is 10.4. The molecule has 0 unspecified atom stereocenters. The number of hydrogen-bond donors (Lipinski definition) is 0. The lowest BCUT2D eigenvalue weighted by Crippen LogP contribution is -2.32. The average molecular weight is 440 g/mol. The molecule has 0 aromatic heterocycles. The van der Waals surface area contributed by atoms with Crippen molar-refractivity contribution in [3.8, 4) is 5.75 Å². The van der Waals surface area contributed by atoms with Crippen molar-refractivity contribution in [1.82, 2.24) is 0 Å². The average Bonchev–Trinajstić information content (AvgIpc) is 3.10. The van der Waals surface area contributed by atoms with Gasteiger partial charge in [-0.1, -0.05) is 24.3 Å². The molecule has 4 amide bonds. The van der Waals surface area contributed by atoms with E-state index in [1.807, 2.05) is 0 Å². The van der Waals surface area contributed by atoms with Crippen LogP contribution < -0.4 is 14.5 Å². The minimum atomic E-state index is -0.580. The van der Waals surface area contributed by atoms with Crippen LogP contribution in [0.4, 0.5) is 11.4 Å². The van der Waals surface area contributed by atoms with Crippen LogP contribution in [0.5, 0.6) is 5.75 Å². The fraction of sp³-hybridized carbons (Fsp3) is 0.120. The number of hydrogen-bond acceptors (Lipinski definition) is 6. The third-order valence-corrected chi connectivity index (χ3v) is 6.06. The van der Waals surface area contributed by atoms with Crippen LogP contribution in [-0.4, -0.2) is 37.0 Å². The molecule has 0 fully saturated rings.